The van der Waals surface area contributed by atoms with Gasteiger partial charge in [-0.2, -0.15) is 0 Å². The van der Waals surface area contributed by atoms with E-state index in [2.05, 4.69) is 24.8 Å². The lowest BCUT2D eigenvalue weighted by molar-refractivity contribution is 0.0981. The van der Waals surface area contributed by atoms with Crippen LogP contribution in [0, 0.1) is 0 Å². The van der Waals surface area contributed by atoms with Gasteiger partial charge in [-0.3, -0.25) is 4.90 Å². The molecule has 0 aliphatic rings. The van der Waals surface area contributed by atoms with Gasteiger partial charge in [-0.05, 0) is 18.9 Å². The molecule has 1 atom stereocenters. The van der Waals surface area contributed by atoms with Crippen molar-refractivity contribution in [1.29, 1.82) is 0 Å². The van der Waals surface area contributed by atoms with E-state index in [9.17, 15) is 5.11 Å². The molecule has 0 spiro atoms. The maximum absolute atomic E-state index is 9.38. The number of aliphatic hydroxyl groups is 1. The Bertz CT molecular complexity index is 380. The molecule has 0 bridgehead atoms. The van der Waals surface area contributed by atoms with Crippen molar-refractivity contribution in [2.75, 3.05) is 26.8 Å². The van der Waals surface area contributed by atoms with Crippen LogP contribution in [0.4, 0.5) is 0 Å². The molecule has 0 heterocycles. The average Bonchev–Trinajstić information content (AvgIpc) is 2.49. The second-order valence-electron chi connectivity index (χ2n) is 4.93. The van der Waals surface area contributed by atoms with Crippen LogP contribution in [0.5, 0.6) is 5.75 Å². The quantitative estimate of drug-likeness (QED) is 0.728. The van der Waals surface area contributed by atoms with Crippen molar-refractivity contribution < 1.29 is 9.84 Å². The van der Waals surface area contributed by atoms with Crippen LogP contribution in [0.15, 0.2) is 24.3 Å². The van der Waals surface area contributed by atoms with Crippen LogP contribution >= 0.6 is 0 Å². The summed E-state index contributed by atoms with van der Waals surface area (Å²) in [6.07, 6.45) is 2.09. The number of aliphatic hydroxyl groups excluding tert-OH is 1. The number of rotatable bonds is 9. The lowest BCUT2D eigenvalue weighted by atomic mass is 10.00. The number of nitrogens with zero attached hydrogens (tertiary/aromatic N) is 1. The molecule has 0 saturated carbocycles. The third kappa shape index (κ3) is 3.95. The summed E-state index contributed by atoms with van der Waals surface area (Å²) in [6.45, 7) is 5.63. The number of benzene rings is 1. The van der Waals surface area contributed by atoms with Crippen molar-refractivity contribution in [1.82, 2.24) is 4.90 Å². The predicted octanol–water partition coefficient (Wildman–Crippen LogP) is 2.18. The van der Waals surface area contributed by atoms with Crippen molar-refractivity contribution in [2.45, 2.75) is 38.8 Å². The standard InChI is InChI=1S/C16H28N2O2/c1-4-13(5-2)18(10-11-19)15(12-17)14-8-6-7-9-16(14)20-3/h6-9,13,15,19H,4-5,10-12,17H2,1-3H3. The normalized spacial score (nSPS) is 12.9. The zero-order valence-corrected chi connectivity index (χ0v) is 12.9. The monoisotopic (exact) mass is 280 g/mol. The molecule has 0 amide bonds. The summed E-state index contributed by atoms with van der Waals surface area (Å²) in [5.74, 6) is 0.858. The topological polar surface area (TPSA) is 58.7 Å². The predicted molar refractivity (Wildman–Crippen MR) is 83.0 cm³/mol. The minimum Gasteiger partial charge on any atom is -0.496 e. The SMILES string of the molecule is CCC(CC)N(CCO)C(CN)c1ccccc1OC. The molecule has 1 unspecified atom stereocenters. The number of hydrogen-bond acceptors (Lipinski definition) is 4. The zero-order valence-electron chi connectivity index (χ0n) is 12.9. The number of hydrogen-bond donors (Lipinski definition) is 2. The molecule has 4 heteroatoms. The lowest BCUT2D eigenvalue weighted by Gasteiger charge is -2.37. The fourth-order valence-corrected chi connectivity index (χ4v) is 2.85. The summed E-state index contributed by atoms with van der Waals surface area (Å²) in [7, 11) is 1.68. The van der Waals surface area contributed by atoms with Crippen molar-refractivity contribution >= 4 is 0 Å². The van der Waals surface area contributed by atoms with Crippen LogP contribution < -0.4 is 10.5 Å². The second-order valence-corrected chi connectivity index (χ2v) is 4.93. The summed E-state index contributed by atoms with van der Waals surface area (Å²) in [5.41, 5.74) is 7.12. The van der Waals surface area contributed by atoms with Gasteiger partial charge < -0.3 is 15.6 Å². The van der Waals surface area contributed by atoms with E-state index in [1.807, 2.05) is 18.2 Å². The molecule has 0 saturated heterocycles. The highest BCUT2D eigenvalue weighted by molar-refractivity contribution is 5.36. The van der Waals surface area contributed by atoms with Gasteiger partial charge in [0, 0.05) is 24.7 Å². The fourth-order valence-electron chi connectivity index (χ4n) is 2.85. The van der Waals surface area contributed by atoms with E-state index in [0.717, 1.165) is 24.2 Å². The highest BCUT2D eigenvalue weighted by Gasteiger charge is 2.26. The molecule has 4 nitrogen and oxygen atoms in total. The van der Waals surface area contributed by atoms with E-state index < -0.39 is 0 Å². The first-order valence-electron chi connectivity index (χ1n) is 7.42. The number of nitrogens with two attached hydrogens (primary N) is 1. The minimum atomic E-state index is 0.0724. The summed E-state index contributed by atoms with van der Waals surface area (Å²) >= 11 is 0. The first kappa shape index (κ1) is 17.0. The smallest absolute Gasteiger partial charge is 0.123 e. The third-order valence-corrected chi connectivity index (χ3v) is 3.89. The first-order valence-corrected chi connectivity index (χ1v) is 7.42. The fraction of sp³-hybridized carbons (Fsp3) is 0.625. The van der Waals surface area contributed by atoms with Crippen molar-refractivity contribution in [3.05, 3.63) is 29.8 Å². The maximum Gasteiger partial charge on any atom is 0.123 e. The Morgan fingerprint density at radius 2 is 1.90 bits per heavy atom. The first-order chi connectivity index (χ1) is 9.73. The van der Waals surface area contributed by atoms with Gasteiger partial charge >= 0.3 is 0 Å². The van der Waals surface area contributed by atoms with Crippen LogP contribution in [-0.4, -0.2) is 42.9 Å². The van der Waals surface area contributed by atoms with E-state index in [1.165, 1.54) is 0 Å². The highest BCUT2D eigenvalue weighted by Crippen LogP contribution is 2.31. The number of para-hydroxylation sites is 1. The van der Waals surface area contributed by atoms with Crippen molar-refractivity contribution in [3.8, 4) is 5.75 Å². The van der Waals surface area contributed by atoms with Crippen LogP contribution in [0.3, 0.4) is 0 Å². The van der Waals surface area contributed by atoms with E-state index in [4.69, 9.17) is 10.5 Å². The summed E-state index contributed by atoms with van der Waals surface area (Å²) in [4.78, 5) is 2.30. The van der Waals surface area contributed by atoms with Gasteiger partial charge in [0.1, 0.15) is 5.75 Å². The van der Waals surface area contributed by atoms with E-state index in [-0.39, 0.29) is 12.6 Å². The van der Waals surface area contributed by atoms with Crippen LogP contribution in [0.25, 0.3) is 0 Å². The molecule has 114 valence electrons. The van der Waals surface area contributed by atoms with E-state index in [0.29, 0.717) is 19.1 Å². The van der Waals surface area contributed by atoms with Crippen LogP contribution in [-0.2, 0) is 0 Å². The number of methoxy groups -OCH3 is 1. The van der Waals surface area contributed by atoms with Gasteiger partial charge in [0.2, 0.25) is 0 Å². The van der Waals surface area contributed by atoms with E-state index in [1.54, 1.807) is 7.11 Å². The molecular weight excluding hydrogens is 252 g/mol. The number of ether oxygens (including phenoxy) is 1. The van der Waals surface area contributed by atoms with Gasteiger partial charge in [-0.15, -0.1) is 0 Å². The molecule has 0 fully saturated rings. The Morgan fingerprint density at radius 3 is 2.40 bits per heavy atom. The Labute approximate surface area is 122 Å². The largest absolute Gasteiger partial charge is 0.496 e. The Kier molecular flexibility index (Phi) is 7.59. The molecule has 1 aromatic carbocycles. The Morgan fingerprint density at radius 1 is 1.25 bits per heavy atom. The van der Waals surface area contributed by atoms with Gasteiger partial charge in [0.05, 0.1) is 19.8 Å². The molecule has 20 heavy (non-hydrogen) atoms. The molecule has 1 aromatic rings. The van der Waals surface area contributed by atoms with E-state index >= 15 is 0 Å². The molecule has 0 aliphatic carbocycles. The van der Waals surface area contributed by atoms with Crippen LogP contribution in [0.2, 0.25) is 0 Å². The lowest BCUT2D eigenvalue weighted by Crippen LogP contribution is -2.42. The van der Waals surface area contributed by atoms with Crippen molar-refractivity contribution in [3.63, 3.8) is 0 Å². The summed E-state index contributed by atoms with van der Waals surface area (Å²) in [6, 6.07) is 8.47. The van der Waals surface area contributed by atoms with Crippen LogP contribution in [0.1, 0.15) is 38.3 Å². The molecule has 1 rings (SSSR count). The van der Waals surface area contributed by atoms with Gasteiger partial charge in [-0.25, -0.2) is 0 Å². The Balaban J connectivity index is 3.11. The van der Waals surface area contributed by atoms with Gasteiger partial charge in [-0.1, -0.05) is 32.0 Å². The minimum absolute atomic E-state index is 0.0724. The molecule has 0 radical (unpaired) electrons. The summed E-state index contributed by atoms with van der Waals surface area (Å²) < 4.78 is 5.46. The molecule has 0 aromatic heterocycles. The third-order valence-electron chi connectivity index (χ3n) is 3.89. The van der Waals surface area contributed by atoms with Crippen molar-refractivity contribution in [2.24, 2.45) is 5.73 Å². The second kappa shape index (κ2) is 8.95. The average molecular weight is 280 g/mol. The molecular formula is C16H28N2O2. The highest BCUT2D eigenvalue weighted by atomic mass is 16.5. The molecule has 0 aliphatic heterocycles. The Hall–Kier alpha value is -1.10. The summed E-state index contributed by atoms with van der Waals surface area (Å²) in [5, 5.41) is 9.38. The molecule has 3 N–H and O–H groups in total. The van der Waals surface area contributed by atoms with Gasteiger partial charge in [0.15, 0.2) is 0 Å². The van der Waals surface area contributed by atoms with Gasteiger partial charge in [0.25, 0.3) is 0 Å². The zero-order chi connectivity index (χ0) is 15.0. The maximum atomic E-state index is 9.38.